The number of halogens is 1. The Kier molecular flexibility index (Phi) is 5.65. The predicted octanol–water partition coefficient (Wildman–Crippen LogP) is 3.62. The molecule has 1 heterocycles. The summed E-state index contributed by atoms with van der Waals surface area (Å²) in [6, 6.07) is 5.41. The van der Waals surface area contributed by atoms with Crippen molar-refractivity contribution in [3.8, 4) is 5.75 Å². The maximum Gasteiger partial charge on any atom is 0.116 e. The van der Waals surface area contributed by atoms with Crippen LogP contribution in [0.5, 0.6) is 5.75 Å². The number of nitrogens with zero attached hydrogens (tertiary/aromatic N) is 1. The monoisotopic (exact) mass is 408 g/mol. The lowest BCUT2D eigenvalue weighted by atomic mass is 9.73. The second-order valence-corrected chi connectivity index (χ2v) is 6.90. The van der Waals surface area contributed by atoms with Gasteiger partial charge in [-0.05, 0) is 71.5 Å². The average Bonchev–Trinajstić information content (AvgIpc) is 2.40. The van der Waals surface area contributed by atoms with Crippen LogP contribution in [0.3, 0.4) is 0 Å². The first kappa shape index (κ1) is 16.4. The zero-order valence-corrected chi connectivity index (χ0v) is 14.8. The van der Waals surface area contributed by atoms with Gasteiger partial charge in [-0.25, -0.2) is 0 Å². The van der Waals surface area contributed by atoms with Crippen LogP contribution >= 0.6 is 32.0 Å². The van der Waals surface area contributed by atoms with Crippen LogP contribution in [-0.2, 0) is 10.3 Å². The summed E-state index contributed by atoms with van der Waals surface area (Å²) in [5.41, 5.74) is 0.272. The molecule has 1 fully saturated rings. The van der Waals surface area contributed by atoms with Gasteiger partial charge in [-0.15, -0.1) is 0 Å². The largest absolute Gasteiger partial charge is 0.781 e. The number of phenols is 1. The molecule has 112 valence electrons. The topological polar surface area (TPSA) is 55.8 Å². The van der Waals surface area contributed by atoms with E-state index < -0.39 is 5.54 Å². The molecule has 0 saturated carbocycles. The van der Waals surface area contributed by atoms with Crippen molar-refractivity contribution in [2.45, 2.75) is 31.7 Å². The van der Waals surface area contributed by atoms with E-state index >= 15 is 0 Å². The van der Waals surface area contributed by atoms with Crippen molar-refractivity contribution in [1.82, 2.24) is 4.83 Å². The lowest BCUT2D eigenvalue weighted by molar-refractivity contribution is 0.00994. The van der Waals surface area contributed by atoms with Gasteiger partial charge in [0.25, 0.3) is 0 Å². The molecule has 1 N–H and O–H groups in total. The number of hydrogen-bond acceptors (Lipinski definition) is 4. The Balaban J connectivity index is 2.49. The molecule has 0 spiro atoms. The van der Waals surface area contributed by atoms with Crippen molar-refractivity contribution in [2.24, 2.45) is 5.92 Å². The molecule has 1 aliphatic heterocycles. The van der Waals surface area contributed by atoms with Gasteiger partial charge in [0.2, 0.25) is 0 Å². The molecule has 1 aromatic carbocycles. The first-order chi connectivity index (χ1) is 9.50. The summed E-state index contributed by atoms with van der Waals surface area (Å²) in [5.74, 6) is 0.442. The number of aromatic hydroxyl groups is 1. The van der Waals surface area contributed by atoms with E-state index in [2.05, 4.69) is 32.0 Å². The molecular weight excluding hydrogens is 388 g/mol. The minimum absolute atomic E-state index is 0.212. The van der Waals surface area contributed by atoms with E-state index in [1.807, 2.05) is 13.0 Å². The Morgan fingerprint density at radius 3 is 2.60 bits per heavy atom. The third-order valence-electron chi connectivity index (χ3n) is 4.21. The molecule has 1 aliphatic rings. The van der Waals surface area contributed by atoms with E-state index in [4.69, 9.17) is 4.74 Å². The van der Waals surface area contributed by atoms with Crippen molar-refractivity contribution in [3.63, 3.8) is 0 Å². The van der Waals surface area contributed by atoms with Gasteiger partial charge in [-0.3, -0.25) is 0 Å². The van der Waals surface area contributed by atoms with Gasteiger partial charge in [0.05, 0.1) is 0 Å². The lowest BCUT2D eigenvalue weighted by Crippen LogP contribution is -2.46. The summed E-state index contributed by atoms with van der Waals surface area (Å²) >= 11 is 2.17. The van der Waals surface area contributed by atoms with E-state index in [0.29, 0.717) is 19.6 Å². The van der Waals surface area contributed by atoms with Gasteiger partial charge in [-0.1, -0.05) is 16.3 Å². The highest BCUT2D eigenvalue weighted by Crippen LogP contribution is 2.46. The Morgan fingerprint density at radius 1 is 1.45 bits per heavy atom. The Labute approximate surface area is 135 Å². The van der Waals surface area contributed by atoms with Gasteiger partial charge >= 0.3 is 0 Å². The van der Waals surface area contributed by atoms with Crippen molar-refractivity contribution >= 4 is 32.0 Å². The SMILES string of the molecule is CCC(c1cc(O)cc(I)c1)(C1CCOCC1)N([O-])P. The normalized spacial score (nSPS) is 20.1. The van der Waals surface area contributed by atoms with Crippen LogP contribution in [0.1, 0.15) is 31.7 Å². The minimum atomic E-state index is -0.618. The fourth-order valence-electron chi connectivity index (χ4n) is 3.19. The van der Waals surface area contributed by atoms with E-state index in [9.17, 15) is 10.3 Å². The number of rotatable bonds is 4. The van der Waals surface area contributed by atoms with Gasteiger partial charge in [0.15, 0.2) is 0 Å². The number of ether oxygens (including phenoxy) is 1. The second-order valence-electron chi connectivity index (χ2n) is 5.19. The molecule has 6 heteroatoms. The Morgan fingerprint density at radius 2 is 2.10 bits per heavy atom. The smallest absolute Gasteiger partial charge is 0.116 e. The fraction of sp³-hybridized carbons (Fsp3) is 0.571. The maximum atomic E-state index is 12.4. The standard InChI is InChI=1S/C14H20INO3P/c1-2-14(16(18)20,10-3-5-19-6-4-10)11-7-12(15)9-13(17)8-11/h7-10,17H,2-6,20H2,1H3/q-1. The molecule has 2 atom stereocenters. The van der Waals surface area contributed by atoms with Crippen molar-refractivity contribution in [2.75, 3.05) is 13.2 Å². The maximum absolute atomic E-state index is 12.4. The molecule has 4 nitrogen and oxygen atoms in total. The molecule has 1 saturated heterocycles. The summed E-state index contributed by atoms with van der Waals surface area (Å²) in [5, 5.41) is 22.3. The number of benzene rings is 1. The van der Waals surface area contributed by atoms with Gasteiger partial charge < -0.3 is 19.9 Å². The molecule has 1 aromatic rings. The molecule has 0 bridgehead atoms. The molecule has 0 aliphatic carbocycles. The molecule has 2 rings (SSSR count). The minimum Gasteiger partial charge on any atom is -0.781 e. The average molecular weight is 408 g/mol. The van der Waals surface area contributed by atoms with Crippen LogP contribution in [0, 0.1) is 14.7 Å². The van der Waals surface area contributed by atoms with Crippen LogP contribution in [0.4, 0.5) is 0 Å². The summed E-state index contributed by atoms with van der Waals surface area (Å²) in [6.45, 7) is 3.42. The molecule has 20 heavy (non-hydrogen) atoms. The van der Waals surface area contributed by atoms with E-state index in [1.54, 1.807) is 12.1 Å². The van der Waals surface area contributed by atoms with Crippen molar-refractivity contribution in [3.05, 3.63) is 32.5 Å². The Hall–Kier alpha value is 0.0600. The van der Waals surface area contributed by atoms with Crippen molar-refractivity contribution in [1.29, 1.82) is 0 Å². The molecule has 2 unspecified atom stereocenters. The third kappa shape index (κ3) is 3.12. The first-order valence-electron chi connectivity index (χ1n) is 6.80. The van der Waals surface area contributed by atoms with E-state index in [-0.39, 0.29) is 11.7 Å². The summed E-state index contributed by atoms with van der Waals surface area (Å²) in [6.07, 6.45) is 2.44. The van der Waals surface area contributed by atoms with E-state index in [1.165, 1.54) is 0 Å². The molecule has 0 amide bonds. The molecule has 0 aromatic heterocycles. The first-order valence-corrected chi connectivity index (χ1v) is 8.40. The quantitative estimate of drug-likeness (QED) is 0.470. The Bertz CT molecular complexity index is 445. The van der Waals surface area contributed by atoms with Gasteiger partial charge in [0.1, 0.15) is 5.75 Å². The highest BCUT2D eigenvalue weighted by atomic mass is 127. The second kappa shape index (κ2) is 6.88. The zero-order chi connectivity index (χ0) is 14.8. The predicted molar refractivity (Wildman–Crippen MR) is 91.3 cm³/mol. The molecule has 0 radical (unpaired) electrons. The zero-order valence-electron chi connectivity index (χ0n) is 11.5. The van der Waals surface area contributed by atoms with Crippen LogP contribution in [0.2, 0.25) is 0 Å². The summed E-state index contributed by atoms with van der Waals surface area (Å²) in [4.78, 5) is 0.994. The van der Waals surface area contributed by atoms with Crippen LogP contribution in [0.25, 0.3) is 0 Å². The van der Waals surface area contributed by atoms with Crippen LogP contribution < -0.4 is 0 Å². The summed E-state index contributed by atoms with van der Waals surface area (Å²) in [7, 11) is 2.28. The summed E-state index contributed by atoms with van der Waals surface area (Å²) < 4.78 is 6.36. The van der Waals surface area contributed by atoms with Crippen LogP contribution in [-0.4, -0.2) is 23.2 Å². The molecular formula is C14H20INO3P-. The number of hydrogen-bond donors (Lipinski definition) is 1. The lowest BCUT2D eigenvalue weighted by Gasteiger charge is -2.52. The third-order valence-corrected chi connectivity index (χ3v) is 5.29. The fourth-order valence-corrected chi connectivity index (χ4v) is 4.39. The number of phenolic OH excluding ortho intramolecular Hbond substituents is 1. The van der Waals surface area contributed by atoms with Gasteiger partial charge in [0, 0.05) is 22.3 Å². The highest BCUT2D eigenvalue weighted by molar-refractivity contribution is 14.1. The van der Waals surface area contributed by atoms with Crippen LogP contribution in [0.15, 0.2) is 18.2 Å². The van der Waals surface area contributed by atoms with Gasteiger partial charge in [-0.2, -0.15) is 0 Å². The van der Waals surface area contributed by atoms with E-state index in [0.717, 1.165) is 26.8 Å². The highest BCUT2D eigenvalue weighted by Gasteiger charge is 2.40. The van der Waals surface area contributed by atoms with Crippen molar-refractivity contribution < 1.29 is 9.84 Å². The number of hydroxylamine groups is 1.